The maximum atomic E-state index is 14.2. The zero-order chi connectivity index (χ0) is 18.2. The van der Waals surface area contributed by atoms with Gasteiger partial charge in [0.1, 0.15) is 23.0 Å². The van der Waals surface area contributed by atoms with Gasteiger partial charge in [-0.2, -0.15) is 0 Å². The maximum Gasteiger partial charge on any atom is 0.131 e. The number of benzene rings is 2. The summed E-state index contributed by atoms with van der Waals surface area (Å²) >= 11 is 0. The first-order valence-electron chi connectivity index (χ1n) is 8.47. The second-order valence-corrected chi connectivity index (χ2v) is 7.48. The molecule has 5 heteroatoms. The fourth-order valence-electron chi connectivity index (χ4n) is 3.38. The van der Waals surface area contributed by atoms with Crippen molar-refractivity contribution in [1.82, 2.24) is 4.90 Å². The number of hydrogen-bond acceptors (Lipinski definition) is 3. The summed E-state index contributed by atoms with van der Waals surface area (Å²) in [4.78, 5) is 2.07. The Morgan fingerprint density at radius 2 is 1.96 bits per heavy atom. The molecule has 0 saturated heterocycles. The summed E-state index contributed by atoms with van der Waals surface area (Å²) in [5.41, 5.74) is 7.86. The largest absolute Gasteiger partial charge is 0.488 e. The molecule has 0 saturated carbocycles. The SMILES string of the molecule is CC(C)(C)Oc1cccc(CN2Cc3cc(F)cc(F)c3C2CN)c1. The second-order valence-electron chi connectivity index (χ2n) is 7.48. The van der Waals surface area contributed by atoms with Crippen LogP contribution in [0.4, 0.5) is 8.78 Å². The molecule has 0 fully saturated rings. The number of rotatable bonds is 4. The Morgan fingerprint density at radius 3 is 2.64 bits per heavy atom. The average Bonchev–Trinajstić information content (AvgIpc) is 2.82. The van der Waals surface area contributed by atoms with Gasteiger partial charge in [0, 0.05) is 31.3 Å². The van der Waals surface area contributed by atoms with Crippen LogP contribution in [0.15, 0.2) is 36.4 Å². The van der Waals surface area contributed by atoms with Crippen LogP contribution in [0.1, 0.15) is 43.5 Å². The minimum Gasteiger partial charge on any atom is -0.488 e. The fourth-order valence-corrected chi connectivity index (χ4v) is 3.38. The van der Waals surface area contributed by atoms with E-state index in [4.69, 9.17) is 10.5 Å². The van der Waals surface area contributed by atoms with Gasteiger partial charge in [-0.1, -0.05) is 12.1 Å². The Morgan fingerprint density at radius 1 is 1.20 bits per heavy atom. The summed E-state index contributed by atoms with van der Waals surface area (Å²) in [5.74, 6) is -0.268. The van der Waals surface area contributed by atoms with E-state index in [0.717, 1.165) is 17.4 Å². The predicted molar refractivity (Wildman–Crippen MR) is 94.2 cm³/mol. The van der Waals surface area contributed by atoms with E-state index in [0.29, 0.717) is 24.2 Å². The number of hydrogen-bond donors (Lipinski definition) is 1. The van der Waals surface area contributed by atoms with Gasteiger partial charge in [0.2, 0.25) is 0 Å². The Hall–Kier alpha value is -1.98. The van der Waals surface area contributed by atoms with E-state index in [1.165, 1.54) is 6.07 Å². The van der Waals surface area contributed by atoms with Gasteiger partial charge >= 0.3 is 0 Å². The summed E-state index contributed by atoms with van der Waals surface area (Å²) < 4.78 is 33.6. The Balaban J connectivity index is 1.82. The molecule has 1 unspecified atom stereocenters. The molecule has 25 heavy (non-hydrogen) atoms. The lowest BCUT2D eigenvalue weighted by atomic mass is 10.0. The van der Waals surface area contributed by atoms with Gasteiger partial charge < -0.3 is 10.5 Å². The van der Waals surface area contributed by atoms with E-state index in [-0.39, 0.29) is 18.2 Å². The number of ether oxygens (including phenoxy) is 1. The molecule has 0 aliphatic carbocycles. The molecular formula is C20H24F2N2O. The highest BCUT2D eigenvalue weighted by Gasteiger charge is 2.32. The van der Waals surface area contributed by atoms with Crippen LogP contribution in [0.3, 0.4) is 0 Å². The first-order valence-corrected chi connectivity index (χ1v) is 8.47. The highest BCUT2D eigenvalue weighted by atomic mass is 19.1. The first kappa shape index (κ1) is 17.8. The van der Waals surface area contributed by atoms with E-state index in [9.17, 15) is 8.78 Å². The Labute approximate surface area is 147 Å². The fraction of sp³-hybridized carbons (Fsp3) is 0.400. The number of nitrogens with zero attached hydrogens (tertiary/aromatic N) is 1. The van der Waals surface area contributed by atoms with Gasteiger partial charge in [-0.05, 0) is 50.1 Å². The van der Waals surface area contributed by atoms with Crippen molar-refractivity contribution in [2.75, 3.05) is 6.54 Å². The van der Waals surface area contributed by atoms with Crippen molar-refractivity contribution in [2.24, 2.45) is 5.73 Å². The number of fused-ring (bicyclic) bond motifs is 1. The van der Waals surface area contributed by atoms with Crippen molar-refractivity contribution in [3.05, 3.63) is 64.7 Å². The Kier molecular flexibility index (Phi) is 4.80. The van der Waals surface area contributed by atoms with Gasteiger partial charge in [-0.3, -0.25) is 4.90 Å². The molecule has 1 aliphatic rings. The minimum atomic E-state index is -0.547. The quantitative estimate of drug-likeness (QED) is 0.903. The molecule has 1 atom stereocenters. The summed E-state index contributed by atoms with van der Waals surface area (Å²) in [6.07, 6.45) is 0. The zero-order valence-corrected chi connectivity index (χ0v) is 14.9. The van der Waals surface area contributed by atoms with Crippen LogP contribution in [0.25, 0.3) is 0 Å². The van der Waals surface area contributed by atoms with Gasteiger partial charge in [0.05, 0.1) is 6.04 Å². The van der Waals surface area contributed by atoms with E-state index in [1.807, 2.05) is 45.0 Å². The highest BCUT2D eigenvalue weighted by Crippen LogP contribution is 2.36. The summed E-state index contributed by atoms with van der Waals surface area (Å²) in [6, 6.07) is 9.94. The van der Waals surface area contributed by atoms with E-state index in [1.54, 1.807) is 0 Å². The molecule has 0 spiro atoms. The third-order valence-electron chi connectivity index (χ3n) is 4.26. The number of nitrogens with two attached hydrogens (primary N) is 1. The molecule has 2 aromatic carbocycles. The molecule has 0 bridgehead atoms. The van der Waals surface area contributed by atoms with Crippen molar-refractivity contribution in [3.63, 3.8) is 0 Å². The molecule has 1 aliphatic heterocycles. The molecular weight excluding hydrogens is 322 g/mol. The summed E-state index contributed by atoms with van der Waals surface area (Å²) in [6.45, 7) is 7.36. The molecule has 0 aromatic heterocycles. The van der Waals surface area contributed by atoms with Crippen molar-refractivity contribution >= 4 is 0 Å². The van der Waals surface area contributed by atoms with Gasteiger partial charge in [0.25, 0.3) is 0 Å². The molecule has 134 valence electrons. The third-order valence-corrected chi connectivity index (χ3v) is 4.26. The monoisotopic (exact) mass is 346 g/mol. The average molecular weight is 346 g/mol. The van der Waals surface area contributed by atoms with Gasteiger partial charge in [-0.15, -0.1) is 0 Å². The van der Waals surface area contributed by atoms with Crippen LogP contribution in [-0.4, -0.2) is 17.0 Å². The minimum absolute atomic E-state index is 0.247. The van der Waals surface area contributed by atoms with Crippen molar-refractivity contribution < 1.29 is 13.5 Å². The van der Waals surface area contributed by atoms with Crippen LogP contribution >= 0.6 is 0 Å². The third kappa shape index (κ3) is 3.99. The van der Waals surface area contributed by atoms with Crippen LogP contribution in [-0.2, 0) is 13.1 Å². The lowest BCUT2D eigenvalue weighted by molar-refractivity contribution is 0.130. The van der Waals surface area contributed by atoms with Crippen LogP contribution < -0.4 is 10.5 Å². The second kappa shape index (κ2) is 6.73. The molecule has 2 aromatic rings. The summed E-state index contributed by atoms with van der Waals surface area (Å²) in [7, 11) is 0. The van der Waals surface area contributed by atoms with Crippen molar-refractivity contribution in [1.29, 1.82) is 0 Å². The van der Waals surface area contributed by atoms with Crippen LogP contribution in [0.5, 0.6) is 5.75 Å². The lowest BCUT2D eigenvalue weighted by Gasteiger charge is -2.25. The molecule has 2 N–H and O–H groups in total. The lowest BCUT2D eigenvalue weighted by Crippen LogP contribution is -2.28. The van der Waals surface area contributed by atoms with Crippen LogP contribution in [0, 0.1) is 11.6 Å². The van der Waals surface area contributed by atoms with E-state index >= 15 is 0 Å². The molecule has 3 nitrogen and oxygen atoms in total. The first-order chi connectivity index (χ1) is 11.8. The van der Waals surface area contributed by atoms with Gasteiger partial charge in [-0.25, -0.2) is 8.78 Å². The maximum absolute atomic E-state index is 14.2. The topological polar surface area (TPSA) is 38.5 Å². The zero-order valence-electron chi connectivity index (χ0n) is 14.9. The highest BCUT2D eigenvalue weighted by molar-refractivity contribution is 5.37. The smallest absolute Gasteiger partial charge is 0.131 e. The van der Waals surface area contributed by atoms with Gasteiger partial charge in [0.15, 0.2) is 0 Å². The molecule has 0 radical (unpaired) electrons. The predicted octanol–water partition coefficient (Wildman–Crippen LogP) is 4.16. The molecule has 3 rings (SSSR count). The normalized spacial score (nSPS) is 17.6. The molecule has 0 amide bonds. The standard InChI is InChI=1S/C20H24F2N2O/c1-20(2,3)25-16-6-4-5-13(7-16)11-24-12-14-8-15(21)9-17(22)19(14)18(24)10-23/h4-9,18H,10-12,23H2,1-3H3. The number of halogens is 2. The van der Waals surface area contributed by atoms with E-state index in [2.05, 4.69) is 4.90 Å². The Bertz CT molecular complexity index is 771. The van der Waals surface area contributed by atoms with E-state index < -0.39 is 11.6 Å². The molecule has 1 heterocycles. The van der Waals surface area contributed by atoms with Crippen molar-refractivity contribution in [2.45, 2.75) is 45.5 Å². The summed E-state index contributed by atoms with van der Waals surface area (Å²) in [5, 5.41) is 0. The van der Waals surface area contributed by atoms with Crippen molar-refractivity contribution in [3.8, 4) is 5.75 Å². The van der Waals surface area contributed by atoms with Crippen LogP contribution in [0.2, 0.25) is 0 Å².